The van der Waals surface area contributed by atoms with E-state index in [1.807, 2.05) is 22.7 Å². The third kappa shape index (κ3) is 1.94. The summed E-state index contributed by atoms with van der Waals surface area (Å²) in [6, 6.07) is 17.1. The molecule has 0 aliphatic carbocycles. The molecule has 26 heavy (non-hydrogen) atoms. The molecule has 1 aromatic heterocycles. The highest BCUT2D eigenvalue weighted by molar-refractivity contribution is 8.00. The maximum absolute atomic E-state index is 13.4. The predicted molar refractivity (Wildman–Crippen MR) is 108 cm³/mol. The molecule has 3 heterocycles. The Hall–Kier alpha value is -2.20. The molecule has 0 fully saturated rings. The average molecular weight is 362 g/mol. The highest BCUT2D eigenvalue weighted by Gasteiger charge is 2.48. The first kappa shape index (κ1) is 16.0. The van der Waals surface area contributed by atoms with Gasteiger partial charge in [0.2, 0.25) is 5.91 Å². The Morgan fingerprint density at radius 1 is 1.08 bits per heavy atom. The second-order valence-corrected chi connectivity index (χ2v) is 8.63. The molecule has 4 heteroatoms. The molecule has 0 bridgehead atoms. The fourth-order valence-electron chi connectivity index (χ4n) is 4.86. The third-order valence-electron chi connectivity index (χ3n) is 5.99. The average Bonchev–Trinajstić information content (AvgIpc) is 2.94. The number of hydrogen-bond donors (Lipinski definition) is 0. The Morgan fingerprint density at radius 2 is 1.81 bits per heavy atom. The standard InChI is InChI=1S/C22H22N2OS/c1-4-24-17-12-8-6-10-15(17)19-18(21(24)25)13(2)26-22-20(19)14-9-5-7-11-16(14)23(22)3/h5-13,18-19H,4H2,1-3H3/t13-,18-,19-/m0/s1. The first-order chi connectivity index (χ1) is 12.6. The molecule has 1 amide bonds. The number of amides is 1. The third-order valence-corrected chi connectivity index (χ3v) is 7.38. The van der Waals surface area contributed by atoms with Crippen molar-refractivity contribution in [2.45, 2.75) is 30.0 Å². The summed E-state index contributed by atoms with van der Waals surface area (Å²) in [7, 11) is 2.15. The smallest absolute Gasteiger partial charge is 0.232 e. The molecule has 132 valence electrons. The van der Waals surface area contributed by atoms with E-state index in [0.717, 1.165) is 12.2 Å². The van der Waals surface area contributed by atoms with Crippen LogP contribution in [0.3, 0.4) is 0 Å². The van der Waals surface area contributed by atoms with Gasteiger partial charge in [-0.15, -0.1) is 11.8 Å². The second-order valence-electron chi connectivity index (χ2n) is 7.26. The number of anilines is 1. The van der Waals surface area contributed by atoms with Crippen LogP contribution in [0.5, 0.6) is 0 Å². The number of thioether (sulfide) groups is 1. The molecule has 0 radical (unpaired) electrons. The van der Waals surface area contributed by atoms with Crippen molar-refractivity contribution >= 4 is 34.3 Å². The largest absolute Gasteiger partial charge is 0.339 e. The van der Waals surface area contributed by atoms with E-state index >= 15 is 0 Å². The van der Waals surface area contributed by atoms with E-state index in [1.165, 1.54) is 27.1 Å². The molecule has 2 aromatic carbocycles. The molecule has 2 aliphatic rings. The molecule has 0 saturated heterocycles. The van der Waals surface area contributed by atoms with Crippen LogP contribution < -0.4 is 4.90 Å². The monoisotopic (exact) mass is 362 g/mol. The van der Waals surface area contributed by atoms with Crippen molar-refractivity contribution in [1.82, 2.24) is 4.57 Å². The van der Waals surface area contributed by atoms with Crippen molar-refractivity contribution < 1.29 is 4.79 Å². The van der Waals surface area contributed by atoms with Gasteiger partial charge in [0.05, 0.1) is 10.9 Å². The lowest BCUT2D eigenvalue weighted by atomic mass is 9.74. The number of rotatable bonds is 1. The minimum atomic E-state index is -0.00634. The van der Waals surface area contributed by atoms with Crippen molar-refractivity contribution in [3.63, 3.8) is 0 Å². The maximum Gasteiger partial charge on any atom is 0.232 e. The van der Waals surface area contributed by atoms with Crippen LogP contribution in [0.2, 0.25) is 0 Å². The van der Waals surface area contributed by atoms with Crippen LogP contribution in [-0.2, 0) is 11.8 Å². The van der Waals surface area contributed by atoms with Crippen molar-refractivity contribution in [3.8, 4) is 0 Å². The second kappa shape index (κ2) is 5.65. The number of para-hydroxylation sites is 2. The minimum Gasteiger partial charge on any atom is -0.339 e. The summed E-state index contributed by atoms with van der Waals surface area (Å²) in [6.07, 6.45) is 0. The van der Waals surface area contributed by atoms with Crippen LogP contribution >= 0.6 is 11.8 Å². The fourth-order valence-corrected chi connectivity index (χ4v) is 6.25. The van der Waals surface area contributed by atoms with Gasteiger partial charge in [-0.1, -0.05) is 43.3 Å². The van der Waals surface area contributed by atoms with Crippen molar-refractivity contribution in [1.29, 1.82) is 0 Å². The zero-order chi connectivity index (χ0) is 18.0. The van der Waals surface area contributed by atoms with E-state index in [4.69, 9.17) is 0 Å². The van der Waals surface area contributed by atoms with E-state index in [2.05, 4.69) is 67.9 Å². The lowest BCUT2D eigenvalue weighted by molar-refractivity contribution is -0.123. The van der Waals surface area contributed by atoms with Gasteiger partial charge in [-0.05, 0) is 24.6 Å². The van der Waals surface area contributed by atoms with Gasteiger partial charge < -0.3 is 9.47 Å². The van der Waals surface area contributed by atoms with E-state index in [-0.39, 0.29) is 23.0 Å². The number of carbonyl (C=O) groups excluding carboxylic acids is 1. The summed E-state index contributed by atoms with van der Waals surface area (Å²) in [5.74, 6) is 0.404. The Kier molecular flexibility index (Phi) is 3.48. The van der Waals surface area contributed by atoms with E-state index < -0.39 is 0 Å². The van der Waals surface area contributed by atoms with Gasteiger partial charge in [-0.25, -0.2) is 0 Å². The van der Waals surface area contributed by atoms with Crippen LogP contribution in [0.1, 0.15) is 30.9 Å². The van der Waals surface area contributed by atoms with Gasteiger partial charge >= 0.3 is 0 Å². The first-order valence-corrected chi connectivity index (χ1v) is 10.2. The Morgan fingerprint density at radius 3 is 2.62 bits per heavy atom. The number of nitrogens with zero attached hydrogens (tertiary/aromatic N) is 2. The number of benzene rings is 2. The van der Waals surface area contributed by atoms with Crippen molar-refractivity contribution in [3.05, 3.63) is 59.7 Å². The van der Waals surface area contributed by atoms with Gasteiger partial charge in [0.15, 0.2) is 0 Å². The molecule has 0 N–H and O–H groups in total. The molecule has 3 atom stereocenters. The maximum atomic E-state index is 13.4. The molecule has 2 aliphatic heterocycles. The molecule has 0 unspecified atom stereocenters. The molecular formula is C22H22N2OS. The van der Waals surface area contributed by atoms with Gasteiger partial charge in [0.1, 0.15) is 0 Å². The minimum absolute atomic E-state index is 0.00634. The van der Waals surface area contributed by atoms with Crippen LogP contribution in [0.25, 0.3) is 10.9 Å². The van der Waals surface area contributed by atoms with Gasteiger partial charge in [0.25, 0.3) is 0 Å². The summed E-state index contributed by atoms with van der Waals surface area (Å²) in [4.78, 5) is 15.4. The number of aromatic nitrogens is 1. The van der Waals surface area contributed by atoms with Gasteiger partial charge in [0, 0.05) is 46.9 Å². The Bertz CT molecular complexity index is 1040. The quantitative estimate of drug-likeness (QED) is 0.622. The molecule has 5 rings (SSSR count). The number of aryl methyl sites for hydroxylation is 1. The summed E-state index contributed by atoms with van der Waals surface area (Å²) in [5, 5.41) is 2.85. The number of carbonyl (C=O) groups is 1. The van der Waals surface area contributed by atoms with Crippen LogP contribution in [0.15, 0.2) is 53.6 Å². The van der Waals surface area contributed by atoms with Crippen molar-refractivity contribution in [2.24, 2.45) is 13.0 Å². The molecule has 0 saturated carbocycles. The first-order valence-electron chi connectivity index (χ1n) is 9.27. The van der Waals surface area contributed by atoms with E-state index in [1.54, 1.807) is 0 Å². The normalized spacial score (nSPS) is 24.3. The summed E-state index contributed by atoms with van der Waals surface area (Å²) in [6.45, 7) is 5.00. The summed E-state index contributed by atoms with van der Waals surface area (Å²) >= 11 is 1.86. The fraction of sp³-hybridized carbons (Fsp3) is 0.318. The van der Waals surface area contributed by atoms with E-state index in [0.29, 0.717) is 0 Å². The lowest BCUT2D eigenvalue weighted by Crippen LogP contribution is -2.48. The lowest BCUT2D eigenvalue weighted by Gasteiger charge is -2.44. The van der Waals surface area contributed by atoms with Crippen LogP contribution in [-0.4, -0.2) is 22.3 Å². The van der Waals surface area contributed by atoms with Crippen LogP contribution in [0.4, 0.5) is 5.69 Å². The number of fused-ring (bicyclic) bond motifs is 7. The highest BCUT2D eigenvalue weighted by Crippen LogP contribution is 2.55. The number of hydrogen-bond acceptors (Lipinski definition) is 2. The van der Waals surface area contributed by atoms with E-state index in [9.17, 15) is 4.79 Å². The SMILES string of the molecule is CCN1C(=O)[C@@H]2[C@H](c3ccccc31)c1c(n(C)c3ccccc13)S[C@H]2C. The zero-order valence-electron chi connectivity index (χ0n) is 15.3. The summed E-state index contributed by atoms with van der Waals surface area (Å²) in [5.41, 5.74) is 4.97. The molecule has 3 aromatic rings. The van der Waals surface area contributed by atoms with Gasteiger partial charge in [-0.3, -0.25) is 4.79 Å². The Balaban J connectivity index is 1.86. The molecule has 0 spiro atoms. The zero-order valence-corrected chi connectivity index (χ0v) is 16.1. The Labute approximate surface area is 158 Å². The summed E-state index contributed by atoms with van der Waals surface area (Å²) < 4.78 is 2.31. The van der Waals surface area contributed by atoms with Crippen LogP contribution in [0, 0.1) is 5.92 Å². The predicted octanol–water partition coefficient (Wildman–Crippen LogP) is 4.79. The van der Waals surface area contributed by atoms with Crippen molar-refractivity contribution in [2.75, 3.05) is 11.4 Å². The van der Waals surface area contributed by atoms with Gasteiger partial charge in [-0.2, -0.15) is 0 Å². The highest BCUT2D eigenvalue weighted by atomic mass is 32.2. The topological polar surface area (TPSA) is 25.2 Å². The molecule has 3 nitrogen and oxygen atoms in total. The molecular weight excluding hydrogens is 340 g/mol.